The molecular formula is C14H19NO2S. The van der Waals surface area contributed by atoms with E-state index >= 15 is 0 Å². The maximum atomic E-state index is 12.5. The highest BCUT2D eigenvalue weighted by atomic mass is 32.2. The Kier molecular flexibility index (Phi) is 4.30. The van der Waals surface area contributed by atoms with Gasteiger partial charge in [0.1, 0.15) is 0 Å². The molecule has 1 aliphatic heterocycles. The Morgan fingerprint density at radius 3 is 3.00 bits per heavy atom. The van der Waals surface area contributed by atoms with E-state index in [1.807, 2.05) is 36.3 Å². The van der Waals surface area contributed by atoms with E-state index in [1.165, 1.54) is 0 Å². The highest BCUT2D eigenvalue weighted by molar-refractivity contribution is 7.98. The van der Waals surface area contributed by atoms with Gasteiger partial charge in [0.2, 0.25) is 0 Å². The minimum absolute atomic E-state index is 0.00478. The van der Waals surface area contributed by atoms with E-state index in [4.69, 9.17) is 0 Å². The molecule has 4 heteroatoms. The van der Waals surface area contributed by atoms with Gasteiger partial charge in [-0.3, -0.25) is 4.79 Å². The van der Waals surface area contributed by atoms with E-state index in [0.717, 1.165) is 35.4 Å². The van der Waals surface area contributed by atoms with Crippen LogP contribution in [0.2, 0.25) is 0 Å². The summed E-state index contributed by atoms with van der Waals surface area (Å²) >= 11 is 1.64. The van der Waals surface area contributed by atoms with E-state index in [2.05, 4.69) is 0 Å². The summed E-state index contributed by atoms with van der Waals surface area (Å²) in [6.07, 6.45) is 3.90. The quantitative estimate of drug-likeness (QED) is 0.853. The molecule has 0 aromatic heterocycles. The molecule has 1 atom stereocenters. The Bertz CT molecular complexity index is 447. The molecule has 0 unspecified atom stereocenters. The summed E-state index contributed by atoms with van der Waals surface area (Å²) in [6, 6.07) is 5.97. The summed E-state index contributed by atoms with van der Waals surface area (Å²) in [5.41, 5.74) is 1.77. The predicted molar refractivity (Wildman–Crippen MR) is 74.1 cm³/mol. The summed E-state index contributed by atoms with van der Waals surface area (Å²) < 4.78 is 0. The standard InChI is InChI=1S/C14H19NO2S/c1-10-5-6-12(18-2)8-13(10)14(17)15-7-3-4-11(15)9-16/h5-6,8,11,16H,3-4,7,9H2,1-2H3/t11-/m0/s1. The van der Waals surface area contributed by atoms with E-state index < -0.39 is 0 Å². The monoisotopic (exact) mass is 265 g/mol. The lowest BCUT2D eigenvalue weighted by molar-refractivity contribution is 0.0676. The third-order valence-corrected chi connectivity index (χ3v) is 4.25. The average Bonchev–Trinajstić information content (AvgIpc) is 2.86. The number of carbonyl (C=O) groups excluding carboxylic acids is 1. The molecule has 1 aromatic rings. The molecule has 98 valence electrons. The van der Waals surface area contributed by atoms with E-state index in [1.54, 1.807) is 11.8 Å². The average molecular weight is 265 g/mol. The summed E-state index contributed by atoms with van der Waals surface area (Å²) in [6.45, 7) is 2.78. The normalized spacial score (nSPS) is 19.3. The second-order valence-electron chi connectivity index (χ2n) is 4.66. The van der Waals surface area contributed by atoms with Crippen LogP contribution >= 0.6 is 11.8 Å². The fraction of sp³-hybridized carbons (Fsp3) is 0.500. The van der Waals surface area contributed by atoms with Gasteiger partial charge in [-0.15, -0.1) is 11.8 Å². The van der Waals surface area contributed by atoms with Gasteiger partial charge in [-0.05, 0) is 43.7 Å². The van der Waals surface area contributed by atoms with Crippen molar-refractivity contribution in [3.63, 3.8) is 0 Å². The fourth-order valence-corrected chi connectivity index (χ4v) is 2.85. The third kappa shape index (κ3) is 2.54. The van der Waals surface area contributed by atoms with Crippen molar-refractivity contribution < 1.29 is 9.90 Å². The zero-order chi connectivity index (χ0) is 13.1. The number of thioether (sulfide) groups is 1. The molecule has 1 heterocycles. The molecule has 18 heavy (non-hydrogen) atoms. The van der Waals surface area contributed by atoms with Crippen LogP contribution in [0, 0.1) is 6.92 Å². The van der Waals surface area contributed by atoms with Gasteiger partial charge in [-0.1, -0.05) is 6.07 Å². The van der Waals surface area contributed by atoms with Crippen molar-refractivity contribution in [1.29, 1.82) is 0 Å². The Labute approximate surface area is 112 Å². The number of carbonyl (C=O) groups is 1. The van der Waals surface area contributed by atoms with Gasteiger partial charge >= 0.3 is 0 Å². The van der Waals surface area contributed by atoms with Crippen molar-refractivity contribution in [1.82, 2.24) is 4.90 Å². The van der Waals surface area contributed by atoms with Crippen molar-refractivity contribution in [3.05, 3.63) is 29.3 Å². The van der Waals surface area contributed by atoms with Crippen LogP contribution in [0.5, 0.6) is 0 Å². The highest BCUT2D eigenvalue weighted by Crippen LogP contribution is 2.24. The number of amides is 1. The molecule has 1 N–H and O–H groups in total. The Morgan fingerprint density at radius 2 is 2.33 bits per heavy atom. The molecule has 1 aromatic carbocycles. The number of rotatable bonds is 3. The van der Waals surface area contributed by atoms with Gasteiger partial charge in [-0.2, -0.15) is 0 Å². The van der Waals surface area contributed by atoms with Crippen molar-refractivity contribution >= 4 is 17.7 Å². The van der Waals surface area contributed by atoms with Crippen LogP contribution in [0.25, 0.3) is 0 Å². The molecule has 0 saturated carbocycles. The zero-order valence-electron chi connectivity index (χ0n) is 10.8. The first-order valence-electron chi connectivity index (χ1n) is 6.24. The second-order valence-corrected chi connectivity index (χ2v) is 5.54. The van der Waals surface area contributed by atoms with E-state index in [-0.39, 0.29) is 18.6 Å². The third-order valence-electron chi connectivity index (χ3n) is 3.52. The molecule has 1 aliphatic rings. The lowest BCUT2D eigenvalue weighted by Crippen LogP contribution is -2.37. The molecule has 3 nitrogen and oxygen atoms in total. The number of aliphatic hydroxyl groups is 1. The smallest absolute Gasteiger partial charge is 0.254 e. The van der Waals surface area contributed by atoms with Crippen molar-refractivity contribution in [3.8, 4) is 0 Å². The first-order valence-corrected chi connectivity index (χ1v) is 7.46. The van der Waals surface area contributed by atoms with E-state index in [9.17, 15) is 9.90 Å². The topological polar surface area (TPSA) is 40.5 Å². The number of nitrogens with zero attached hydrogens (tertiary/aromatic N) is 1. The molecular weight excluding hydrogens is 246 g/mol. The lowest BCUT2D eigenvalue weighted by atomic mass is 10.1. The number of likely N-dealkylation sites (tertiary alicyclic amines) is 1. The van der Waals surface area contributed by atoms with Crippen LogP contribution in [0.3, 0.4) is 0 Å². The summed E-state index contributed by atoms with van der Waals surface area (Å²) in [5.74, 6) is 0.0555. The summed E-state index contributed by atoms with van der Waals surface area (Å²) in [5, 5.41) is 9.30. The number of hydrogen-bond acceptors (Lipinski definition) is 3. The maximum Gasteiger partial charge on any atom is 0.254 e. The van der Waals surface area contributed by atoms with E-state index in [0.29, 0.717) is 0 Å². The lowest BCUT2D eigenvalue weighted by Gasteiger charge is -2.24. The number of aliphatic hydroxyl groups excluding tert-OH is 1. The minimum atomic E-state index is -0.00478. The van der Waals surface area contributed by atoms with Gasteiger partial charge < -0.3 is 10.0 Å². The van der Waals surface area contributed by atoms with Gasteiger partial charge in [0, 0.05) is 17.0 Å². The first kappa shape index (κ1) is 13.4. The van der Waals surface area contributed by atoms with Gasteiger partial charge in [0.15, 0.2) is 0 Å². The van der Waals surface area contributed by atoms with Crippen LogP contribution in [0.4, 0.5) is 0 Å². The van der Waals surface area contributed by atoms with Gasteiger partial charge in [0.25, 0.3) is 5.91 Å². The maximum absolute atomic E-state index is 12.5. The van der Waals surface area contributed by atoms with Crippen LogP contribution in [-0.2, 0) is 0 Å². The SMILES string of the molecule is CSc1ccc(C)c(C(=O)N2CCC[C@H]2CO)c1. The van der Waals surface area contributed by atoms with Crippen molar-refractivity contribution in [2.24, 2.45) is 0 Å². The molecule has 0 radical (unpaired) electrons. The minimum Gasteiger partial charge on any atom is -0.394 e. The molecule has 0 aliphatic carbocycles. The molecule has 2 rings (SSSR count). The van der Waals surface area contributed by atoms with Crippen LogP contribution < -0.4 is 0 Å². The number of benzene rings is 1. The molecule has 0 bridgehead atoms. The Morgan fingerprint density at radius 1 is 1.56 bits per heavy atom. The summed E-state index contributed by atoms with van der Waals surface area (Å²) in [4.78, 5) is 15.4. The van der Waals surface area contributed by atoms with Crippen molar-refractivity contribution in [2.45, 2.75) is 30.7 Å². The highest BCUT2D eigenvalue weighted by Gasteiger charge is 2.29. The number of hydrogen-bond donors (Lipinski definition) is 1. The van der Waals surface area contributed by atoms with Gasteiger partial charge in [0.05, 0.1) is 12.6 Å². The largest absolute Gasteiger partial charge is 0.394 e. The van der Waals surface area contributed by atoms with Gasteiger partial charge in [-0.25, -0.2) is 0 Å². The van der Waals surface area contributed by atoms with Crippen LogP contribution in [0.15, 0.2) is 23.1 Å². The fourth-order valence-electron chi connectivity index (χ4n) is 2.41. The number of aryl methyl sites for hydroxylation is 1. The Balaban J connectivity index is 2.27. The molecule has 0 spiro atoms. The first-order chi connectivity index (χ1) is 8.67. The summed E-state index contributed by atoms with van der Waals surface area (Å²) in [7, 11) is 0. The predicted octanol–water partition coefficient (Wildman–Crippen LogP) is 2.31. The molecule has 1 saturated heterocycles. The Hall–Kier alpha value is -1.00. The second kappa shape index (κ2) is 5.76. The van der Waals surface area contributed by atoms with Crippen LogP contribution in [0.1, 0.15) is 28.8 Å². The molecule has 1 fully saturated rings. The van der Waals surface area contributed by atoms with Crippen molar-refractivity contribution in [2.75, 3.05) is 19.4 Å². The zero-order valence-corrected chi connectivity index (χ0v) is 11.7. The molecule has 1 amide bonds. The van der Waals surface area contributed by atoms with Crippen LogP contribution in [-0.4, -0.2) is 41.4 Å².